The molecular formula is C15H20N4O. The number of anilines is 2. The number of aromatic nitrogens is 2. The Labute approximate surface area is 118 Å². The topological polar surface area (TPSA) is 75.3 Å². The Bertz CT molecular complexity index is 622. The summed E-state index contributed by atoms with van der Waals surface area (Å²) in [4.78, 5) is 10.9. The van der Waals surface area contributed by atoms with E-state index in [-0.39, 0.29) is 0 Å². The van der Waals surface area contributed by atoms with Gasteiger partial charge in [-0.15, -0.1) is 0 Å². The van der Waals surface area contributed by atoms with Crippen molar-refractivity contribution in [2.24, 2.45) is 0 Å². The first-order valence-electron chi connectivity index (χ1n) is 7.03. The molecule has 1 aromatic carbocycles. The lowest BCUT2D eigenvalue weighted by Crippen LogP contribution is -2.39. The number of nitrogens with two attached hydrogens (primary N) is 1. The summed E-state index contributed by atoms with van der Waals surface area (Å²) in [5, 5.41) is 10.5. The Balaban J connectivity index is 1.90. The summed E-state index contributed by atoms with van der Waals surface area (Å²) in [5.74, 6) is 1.05. The summed E-state index contributed by atoms with van der Waals surface area (Å²) >= 11 is 0. The van der Waals surface area contributed by atoms with Crippen LogP contribution in [0.4, 0.5) is 11.6 Å². The van der Waals surface area contributed by atoms with Crippen LogP contribution in [0, 0.1) is 0 Å². The number of rotatable bonds is 3. The molecule has 2 aromatic rings. The van der Waals surface area contributed by atoms with Crippen LogP contribution in [0.1, 0.15) is 25.7 Å². The molecule has 5 nitrogen and oxygen atoms in total. The minimum Gasteiger partial charge on any atom is -0.388 e. The highest BCUT2D eigenvalue weighted by atomic mass is 16.3. The number of hydrogen-bond acceptors (Lipinski definition) is 5. The first-order chi connectivity index (χ1) is 9.57. The Morgan fingerprint density at radius 2 is 1.80 bits per heavy atom. The predicted molar refractivity (Wildman–Crippen MR) is 80.6 cm³/mol. The molecule has 1 aromatic heterocycles. The number of nitrogens with zero attached hydrogens (tertiary/aromatic N) is 3. The number of fused-ring (bicyclic) bond motifs is 1. The van der Waals surface area contributed by atoms with E-state index in [0.717, 1.165) is 36.7 Å². The highest BCUT2D eigenvalue weighted by Crippen LogP contribution is 2.32. The molecule has 1 aliphatic rings. The predicted octanol–water partition coefficient (Wildman–Crippen LogP) is 1.95. The average molecular weight is 272 g/mol. The van der Waals surface area contributed by atoms with Crippen LogP contribution in [-0.4, -0.2) is 34.3 Å². The minimum absolute atomic E-state index is 0.410. The second-order valence-corrected chi connectivity index (χ2v) is 5.71. The van der Waals surface area contributed by atoms with E-state index in [1.807, 2.05) is 36.2 Å². The Morgan fingerprint density at radius 3 is 2.45 bits per heavy atom. The van der Waals surface area contributed by atoms with Gasteiger partial charge in [-0.1, -0.05) is 25.0 Å². The van der Waals surface area contributed by atoms with E-state index < -0.39 is 5.60 Å². The second-order valence-electron chi connectivity index (χ2n) is 5.71. The van der Waals surface area contributed by atoms with Crippen molar-refractivity contribution in [3.8, 4) is 0 Å². The first kappa shape index (κ1) is 13.1. The summed E-state index contributed by atoms with van der Waals surface area (Å²) in [7, 11) is 1.91. The monoisotopic (exact) mass is 272 g/mol. The van der Waals surface area contributed by atoms with Gasteiger partial charge in [-0.05, 0) is 25.0 Å². The van der Waals surface area contributed by atoms with Gasteiger partial charge >= 0.3 is 0 Å². The standard InChI is InChI=1S/C15H20N4O/c1-19(10-15(20)8-4-5-9-15)14-13(16)17-11-6-2-3-7-12(11)18-14/h2-3,6-7,20H,4-5,8-10H2,1H3,(H2,16,17). The fourth-order valence-electron chi connectivity index (χ4n) is 2.99. The van der Waals surface area contributed by atoms with Gasteiger partial charge in [-0.3, -0.25) is 0 Å². The molecule has 3 rings (SSSR count). The highest BCUT2D eigenvalue weighted by molar-refractivity contribution is 5.79. The molecule has 0 spiro atoms. The minimum atomic E-state index is -0.617. The second kappa shape index (κ2) is 4.90. The number of likely N-dealkylation sites (N-methyl/N-ethyl adjacent to an activating group) is 1. The fourth-order valence-corrected chi connectivity index (χ4v) is 2.99. The lowest BCUT2D eigenvalue weighted by molar-refractivity contribution is 0.0558. The number of para-hydroxylation sites is 2. The molecule has 3 N–H and O–H groups in total. The van der Waals surface area contributed by atoms with Crippen LogP contribution in [-0.2, 0) is 0 Å². The zero-order valence-electron chi connectivity index (χ0n) is 11.7. The van der Waals surface area contributed by atoms with Gasteiger partial charge in [-0.25, -0.2) is 9.97 Å². The van der Waals surface area contributed by atoms with E-state index in [4.69, 9.17) is 5.73 Å². The Morgan fingerprint density at radius 1 is 1.20 bits per heavy atom. The van der Waals surface area contributed by atoms with Crippen LogP contribution in [0.25, 0.3) is 11.0 Å². The first-order valence-corrected chi connectivity index (χ1v) is 7.03. The molecule has 0 saturated heterocycles. The van der Waals surface area contributed by atoms with Crippen LogP contribution in [0.5, 0.6) is 0 Å². The largest absolute Gasteiger partial charge is 0.388 e. The quantitative estimate of drug-likeness (QED) is 0.893. The number of nitrogen functional groups attached to an aromatic ring is 1. The van der Waals surface area contributed by atoms with Gasteiger partial charge in [0.25, 0.3) is 0 Å². The Kier molecular flexibility index (Phi) is 3.22. The third kappa shape index (κ3) is 2.41. The molecule has 0 radical (unpaired) electrons. The molecule has 0 bridgehead atoms. The molecule has 1 aliphatic carbocycles. The van der Waals surface area contributed by atoms with Crippen molar-refractivity contribution in [2.45, 2.75) is 31.3 Å². The van der Waals surface area contributed by atoms with Gasteiger partial charge < -0.3 is 15.7 Å². The number of benzene rings is 1. The molecule has 5 heteroatoms. The zero-order chi connectivity index (χ0) is 14.2. The normalized spacial score (nSPS) is 17.5. The average Bonchev–Trinajstić information content (AvgIpc) is 2.84. The number of hydrogen-bond donors (Lipinski definition) is 2. The van der Waals surface area contributed by atoms with Crippen molar-refractivity contribution in [2.75, 3.05) is 24.2 Å². The molecule has 1 fully saturated rings. The lowest BCUT2D eigenvalue weighted by Gasteiger charge is -2.29. The molecular weight excluding hydrogens is 252 g/mol. The molecule has 1 saturated carbocycles. The maximum atomic E-state index is 10.5. The molecule has 1 heterocycles. The molecule has 0 aliphatic heterocycles. The summed E-state index contributed by atoms with van der Waals surface area (Å²) in [5.41, 5.74) is 7.01. The van der Waals surface area contributed by atoms with Gasteiger partial charge in [0.1, 0.15) is 0 Å². The summed E-state index contributed by atoms with van der Waals surface area (Å²) < 4.78 is 0. The maximum Gasteiger partial charge on any atom is 0.172 e. The van der Waals surface area contributed by atoms with E-state index in [1.54, 1.807) is 0 Å². The van der Waals surface area contributed by atoms with Gasteiger partial charge in [0, 0.05) is 13.6 Å². The molecule has 0 unspecified atom stereocenters. The van der Waals surface area contributed by atoms with Gasteiger partial charge in [-0.2, -0.15) is 0 Å². The summed E-state index contributed by atoms with van der Waals surface area (Å²) in [6.45, 7) is 0.546. The van der Waals surface area contributed by atoms with Gasteiger partial charge in [0.05, 0.1) is 16.6 Å². The smallest absolute Gasteiger partial charge is 0.172 e. The number of aliphatic hydroxyl groups is 1. The SMILES string of the molecule is CN(CC1(O)CCCC1)c1nc2ccccc2nc1N. The molecule has 0 atom stereocenters. The summed E-state index contributed by atoms with van der Waals surface area (Å²) in [6.07, 6.45) is 3.86. The van der Waals surface area contributed by atoms with Crippen LogP contribution in [0.2, 0.25) is 0 Å². The van der Waals surface area contributed by atoms with Crippen LogP contribution < -0.4 is 10.6 Å². The van der Waals surface area contributed by atoms with Crippen molar-refractivity contribution in [3.05, 3.63) is 24.3 Å². The summed E-state index contributed by atoms with van der Waals surface area (Å²) in [6, 6.07) is 7.67. The van der Waals surface area contributed by atoms with Crippen LogP contribution >= 0.6 is 0 Å². The van der Waals surface area contributed by atoms with Crippen molar-refractivity contribution in [3.63, 3.8) is 0 Å². The van der Waals surface area contributed by atoms with E-state index in [1.165, 1.54) is 0 Å². The van der Waals surface area contributed by atoms with Crippen molar-refractivity contribution in [1.82, 2.24) is 9.97 Å². The Hall–Kier alpha value is -1.88. The van der Waals surface area contributed by atoms with Gasteiger partial charge in [0.2, 0.25) is 0 Å². The molecule has 20 heavy (non-hydrogen) atoms. The lowest BCUT2D eigenvalue weighted by atomic mass is 10.0. The molecule has 106 valence electrons. The van der Waals surface area contributed by atoms with Crippen molar-refractivity contribution >= 4 is 22.7 Å². The van der Waals surface area contributed by atoms with E-state index >= 15 is 0 Å². The third-order valence-corrected chi connectivity index (χ3v) is 4.01. The van der Waals surface area contributed by atoms with Crippen molar-refractivity contribution in [1.29, 1.82) is 0 Å². The van der Waals surface area contributed by atoms with Gasteiger partial charge in [0.15, 0.2) is 11.6 Å². The van der Waals surface area contributed by atoms with E-state index in [0.29, 0.717) is 18.2 Å². The zero-order valence-corrected chi connectivity index (χ0v) is 11.7. The highest BCUT2D eigenvalue weighted by Gasteiger charge is 2.33. The fraction of sp³-hybridized carbons (Fsp3) is 0.467. The van der Waals surface area contributed by atoms with Crippen molar-refractivity contribution < 1.29 is 5.11 Å². The van der Waals surface area contributed by atoms with E-state index in [9.17, 15) is 5.11 Å². The maximum absolute atomic E-state index is 10.5. The third-order valence-electron chi connectivity index (χ3n) is 4.01. The van der Waals surface area contributed by atoms with Crippen LogP contribution in [0.3, 0.4) is 0 Å². The molecule has 0 amide bonds. The van der Waals surface area contributed by atoms with E-state index in [2.05, 4.69) is 9.97 Å². The van der Waals surface area contributed by atoms with Crippen LogP contribution in [0.15, 0.2) is 24.3 Å².